The van der Waals surface area contributed by atoms with Crippen molar-refractivity contribution < 1.29 is 4.40 Å². The minimum Gasteiger partial charge on any atom is -0.254 e. The van der Waals surface area contributed by atoms with Crippen LogP contribution in [0.2, 0.25) is 0 Å². The van der Waals surface area contributed by atoms with Crippen LogP contribution in [0.4, 0.5) is 0 Å². The Hall–Kier alpha value is -1.89. The molecule has 0 aliphatic heterocycles. The molecular weight excluding hydrogens is 224 g/mol. The molecule has 3 rings (SSSR count). The summed E-state index contributed by atoms with van der Waals surface area (Å²) < 4.78 is 1.95. The molecule has 3 heterocycles. The van der Waals surface area contributed by atoms with Crippen LogP contribution in [-0.4, -0.2) is 25.1 Å². The first-order valence-electron chi connectivity index (χ1n) is 4.74. The predicted molar refractivity (Wildman–Crippen MR) is 57.7 cm³/mol. The molecule has 0 fully saturated rings. The van der Waals surface area contributed by atoms with Crippen LogP contribution in [-0.2, 0) is 5.75 Å². The van der Waals surface area contributed by atoms with Crippen LogP contribution in [0.5, 0.6) is 0 Å². The summed E-state index contributed by atoms with van der Waals surface area (Å²) in [6, 6.07) is 1.90. The third kappa shape index (κ3) is 1.76. The third-order valence-electron chi connectivity index (χ3n) is 2.10. The van der Waals surface area contributed by atoms with Gasteiger partial charge in [0.25, 0.3) is 0 Å². The van der Waals surface area contributed by atoms with Gasteiger partial charge in [0.15, 0.2) is 5.16 Å². The molecular formula is C9H9N6S+. The van der Waals surface area contributed by atoms with Crippen molar-refractivity contribution in [2.45, 2.75) is 10.9 Å². The lowest BCUT2D eigenvalue weighted by atomic mass is 10.6. The van der Waals surface area contributed by atoms with Crippen molar-refractivity contribution in [3.05, 3.63) is 36.7 Å². The molecule has 80 valence electrons. The summed E-state index contributed by atoms with van der Waals surface area (Å²) in [5, 5.41) is 7.42. The second-order valence-corrected chi connectivity index (χ2v) is 4.17. The lowest BCUT2D eigenvalue weighted by Crippen LogP contribution is -2.17. The van der Waals surface area contributed by atoms with Crippen molar-refractivity contribution in [3.63, 3.8) is 0 Å². The molecule has 6 nitrogen and oxygen atoms in total. The van der Waals surface area contributed by atoms with Gasteiger partial charge in [0.05, 0.1) is 11.9 Å². The van der Waals surface area contributed by atoms with Crippen LogP contribution in [0.3, 0.4) is 0 Å². The van der Waals surface area contributed by atoms with Crippen LogP contribution in [0.15, 0.2) is 36.1 Å². The van der Waals surface area contributed by atoms with Crippen LogP contribution in [0.1, 0.15) is 5.69 Å². The number of imidazole rings is 1. The van der Waals surface area contributed by atoms with Gasteiger partial charge >= 0.3 is 5.78 Å². The number of aromatic nitrogens is 6. The van der Waals surface area contributed by atoms with E-state index in [9.17, 15) is 0 Å². The van der Waals surface area contributed by atoms with E-state index in [2.05, 4.69) is 25.1 Å². The molecule has 16 heavy (non-hydrogen) atoms. The third-order valence-corrected chi connectivity index (χ3v) is 3.02. The topological polar surface area (TPSA) is 74.3 Å². The molecule has 0 saturated heterocycles. The zero-order valence-corrected chi connectivity index (χ0v) is 9.11. The van der Waals surface area contributed by atoms with E-state index in [0.29, 0.717) is 0 Å². The standard InChI is InChI=1S/C9H8N6S/c1-2-10-8-13-7(4-15(8)3-1)5-16-9-11-6-12-14-9/h1-4,6H,5H2,(H,11,12,14)/p+1. The van der Waals surface area contributed by atoms with E-state index in [1.165, 1.54) is 6.33 Å². The Morgan fingerprint density at radius 1 is 1.38 bits per heavy atom. The van der Waals surface area contributed by atoms with Gasteiger partial charge in [-0.15, -0.1) is 0 Å². The van der Waals surface area contributed by atoms with Gasteiger partial charge in [0.1, 0.15) is 24.4 Å². The van der Waals surface area contributed by atoms with E-state index < -0.39 is 0 Å². The van der Waals surface area contributed by atoms with E-state index in [1.54, 1.807) is 18.0 Å². The predicted octanol–water partition coefficient (Wildman–Crippen LogP) is 0.559. The van der Waals surface area contributed by atoms with E-state index >= 15 is 0 Å². The second-order valence-electron chi connectivity index (χ2n) is 3.21. The molecule has 0 amide bonds. The van der Waals surface area contributed by atoms with Crippen LogP contribution in [0.25, 0.3) is 5.78 Å². The number of aromatic amines is 2. The van der Waals surface area contributed by atoms with Gasteiger partial charge in [-0.3, -0.25) is 5.10 Å². The Morgan fingerprint density at radius 3 is 3.19 bits per heavy atom. The van der Waals surface area contributed by atoms with Crippen molar-refractivity contribution in [1.29, 1.82) is 0 Å². The Bertz CT molecular complexity index is 554. The average molecular weight is 233 g/mol. The lowest BCUT2D eigenvalue weighted by Gasteiger charge is -1.89. The van der Waals surface area contributed by atoms with Crippen LogP contribution >= 0.6 is 11.8 Å². The Kier molecular flexibility index (Phi) is 2.30. The first-order valence-corrected chi connectivity index (χ1v) is 5.72. The van der Waals surface area contributed by atoms with Crippen molar-refractivity contribution in [2.24, 2.45) is 0 Å². The number of thioether (sulfide) groups is 1. The minimum absolute atomic E-state index is 0.804. The number of rotatable bonds is 3. The molecule has 0 aliphatic carbocycles. The molecule has 0 aliphatic rings. The van der Waals surface area contributed by atoms with Crippen molar-refractivity contribution in [3.8, 4) is 0 Å². The van der Waals surface area contributed by atoms with Gasteiger partial charge in [-0.25, -0.2) is 14.4 Å². The van der Waals surface area contributed by atoms with E-state index in [-0.39, 0.29) is 0 Å². The van der Waals surface area contributed by atoms with E-state index in [0.717, 1.165) is 22.4 Å². The molecule has 0 radical (unpaired) electrons. The molecule has 2 N–H and O–H groups in total. The summed E-state index contributed by atoms with van der Waals surface area (Å²) in [5.41, 5.74) is 1.10. The van der Waals surface area contributed by atoms with Crippen LogP contribution in [0, 0.1) is 0 Å². The second kappa shape index (κ2) is 3.93. The number of nitrogens with zero attached hydrogens (tertiary/aromatic N) is 4. The molecule has 3 aromatic rings. The molecule has 0 atom stereocenters. The highest BCUT2D eigenvalue weighted by Gasteiger charge is 2.08. The van der Waals surface area contributed by atoms with Crippen molar-refractivity contribution in [2.75, 3.05) is 0 Å². The summed E-state index contributed by atoms with van der Waals surface area (Å²) in [6.07, 6.45) is 7.25. The Labute approximate surface area is 95.2 Å². The maximum atomic E-state index is 4.21. The molecule has 7 heteroatoms. The van der Waals surface area contributed by atoms with Gasteiger partial charge in [-0.1, -0.05) is 16.7 Å². The SMILES string of the molecule is c1cnc2[nH]c(CSc3ncn[nH]3)c[n+]2c1. The molecule has 0 spiro atoms. The number of hydrogen-bond acceptors (Lipinski definition) is 4. The van der Waals surface area contributed by atoms with Gasteiger partial charge in [0, 0.05) is 6.07 Å². The molecule has 0 unspecified atom stereocenters. The maximum Gasteiger partial charge on any atom is 0.400 e. The average Bonchev–Trinajstić information content (AvgIpc) is 2.95. The fraction of sp³-hybridized carbons (Fsp3) is 0.111. The van der Waals surface area contributed by atoms with Crippen LogP contribution < -0.4 is 4.40 Å². The maximum absolute atomic E-state index is 4.21. The van der Waals surface area contributed by atoms with Gasteiger partial charge in [-0.2, -0.15) is 5.10 Å². The Balaban J connectivity index is 1.79. The normalized spacial score (nSPS) is 11.0. The highest BCUT2D eigenvalue weighted by atomic mass is 32.2. The fourth-order valence-electron chi connectivity index (χ4n) is 1.41. The van der Waals surface area contributed by atoms with Crippen molar-refractivity contribution in [1.82, 2.24) is 25.1 Å². The molecule has 0 aromatic carbocycles. The molecule has 0 saturated carbocycles. The quantitative estimate of drug-likeness (QED) is 0.512. The Morgan fingerprint density at radius 2 is 2.38 bits per heavy atom. The molecule has 3 aromatic heterocycles. The summed E-state index contributed by atoms with van der Waals surface area (Å²) in [5.74, 6) is 1.65. The highest BCUT2D eigenvalue weighted by Crippen LogP contribution is 2.16. The first-order chi connectivity index (χ1) is 7.92. The van der Waals surface area contributed by atoms with Gasteiger partial charge < -0.3 is 0 Å². The highest BCUT2D eigenvalue weighted by molar-refractivity contribution is 7.98. The van der Waals surface area contributed by atoms with Gasteiger partial charge in [-0.05, 0) is 0 Å². The van der Waals surface area contributed by atoms with Crippen molar-refractivity contribution >= 4 is 17.5 Å². The molecule has 0 bridgehead atoms. The summed E-state index contributed by atoms with van der Waals surface area (Å²) in [6.45, 7) is 0. The summed E-state index contributed by atoms with van der Waals surface area (Å²) in [4.78, 5) is 11.5. The monoisotopic (exact) mass is 233 g/mol. The number of H-pyrrole nitrogens is 2. The zero-order chi connectivity index (χ0) is 10.8. The largest absolute Gasteiger partial charge is 0.400 e. The summed E-state index contributed by atoms with van der Waals surface area (Å²) in [7, 11) is 0. The minimum atomic E-state index is 0.804. The number of hydrogen-bond donors (Lipinski definition) is 2. The zero-order valence-electron chi connectivity index (χ0n) is 8.29. The first kappa shape index (κ1) is 9.34. The fourth-order valence-corrected chi connectivity index (χ4v) is 2.09. The van der Waals surface area contributed by atoms with Gasteiger partial charge in [0.2, 0.25) is 0 Å². The smallest absolute Gasteiger partial charge is 0.254 e. The number of nitrogens with one attached hydrogen (secondary N) is 2. The van der Waals surface area contributed by atoms with E-state index in [1.807, 2.05) is 22.9 Å². The number of fused-ring (bicyclic) bond motifs is 1. The summed E-state index contributed by atoms with van der Waals surface area (Å²) >= 11 is 1.59. The van der Waals surface area contributed by atoms with E-state index in [4.69, 9.17) is 0 Å². The lowest BCUT2D eigenvalue weighted by molar-refractivity contribution is -0.512.